The second kappa shape index (κ2) is 10.7. The van der Waals surface area contributed by atoms with Crippen molar-refractivity contribution in [2.24, 2.45) is 15.5 Å². The molecule has 0 aromatic heterocycles. The van der Waals surface area contributed by atoms with Crippen LogP contribution in [0.4, 0.5) is 17.1 Å². The van der Waals surface area contributed by atoms with Crippen molar-refractivity contribution in [2.45, 2.75) is 20.8 Å². The molecule has 5 aromatic rings. The third kappa shape index (κ3) is 4.80. The van der Waals surface area contributed by atoms with Crippen molar-refractivity contribution in [2.75, 3.05) is 0 Å². The molecule has 0 fully saturated rings. The highest BCUT2D eigenvalue weighted by Crippen LogP contribution is 2.48. The fourth-order valence-corrected chi connectivity index (χ4v) is 5.23. The van der Waals surface area contributed by atoms with Gasteiger partial charge >= 0.3 is 0 Å². The molecule has 6 heteroatoms. The topological polar surface area (TPSA) is 88.3 Å². The van der Waals surface area contributed by atoms with E-state index in [2.05, 4.69) is 60.6 Å². The predicted molar refractivity (Wildman–Crippen MR) is 159 cm³/mol. The molecule has 0 heterocycles. The summed E-state index contributed by atoms with van der Waals surface area (Å²) in [7, 11) is 0. The molecular formula is C33H25N3O3. The molecule has 0 unspecified atom stereocenters. The summed E-state index contributed by atoms with van der Waals surface area (Å²) in [6, 6.07) is 30.2. The largest absolute Gasteiger partial charge is 0.145 e. The standard InChI is InChI=1S/C33H25N3O3/c1-20-4-6-23(7-5-20)30-21(2)32(25-10-16-28(35-38)17-11-25)33(26-12-18-29(36-39)19-13-26)22(3)31(30)24-8-14-27(34-37)15-9-24/h4-19H,1-3H3. The first kappa shape index (κ1) is 25.5. The van der Waals surface area contributed by atoms with E-state index in [1.165, 1.54) is 0 Å². The van der Waals surface area contributed by atoms with Crippen LogP contribution in [-0.2, 0) is 0 Å². The summed E-state index contributed by atoms with van der Waals surface area (Å²) in [5, 5.41) is 9.20. The number of hydrogen-bond donors (Lipinski definition) is 0. The van der Waals surface area contributed by atoms with E-state index < -0.39 is 0 Å². The van der Waals surface area contributed by atoms with Crippen LogP contribution >= 0.6 is 0 Å². The van der Waals surface area contributed by atoms with Crippen molar-refractivity contribution in [3.63, 3.8) is 0 Å². The average Bonchev–Trinajstić information content (AvgIpc) is 2.98. The highest BCUT2D eigenvalue weighted by Gasteiger charge is 2.24. The Morgan fingerprint density at radius 1 is 0.359 bits per heavy atom. The molecule has 0 N–H and O–H groups in total. The third-order valence-electron chi connectivity index (χ3n) is 7.12. The summed E-state index contributed by atoms with van der Waals surface area (Å²) in [6.45, 7) is 6.25. The van der Waals surface area contributed by atoms with Gasteiger partial charge in [0.05, 0.1) is 0 Å². The zero-order valence-corrected chi connectivity index (χ0v) is 21.8. The monoisotopic (exact) mass is 511 g/mol. The second-order valence-electron chi connectivity index (χ2n) is 9.53. The first-order valence-electron chi connectivity index (χ1n) is 12.5. The van der Waals surface area contributed by atoms with Crippen LogP contribution in [-0.4, -0.2) is 0 Å². The smallest absolute Gasteiger partial charge is 0.108 e. The number of aryl methyl sites for hydroxylation is 1. The van der Waals surface area contributed by atoms with E-state index in [9.17, 15) is 14.7 Å². The van der Waals surface area contributed by atoms with Gasteiger partial charge in [-0.3, -0.25) is 0 Å². The Morgan fingerprint density at radius 3 is 0.821 bits per heavy atom. The molecule has 5 aromatic carbocycles. The van der Waals surface area contributed by atoms with Crippen LogP contribution in [0, 0.1) is 35.5 Å². The van der Waals surface area contributed by atoms with Crippen LogP contribution in [0.2, 0.25) is 0 Å². The highest BCUT2D eigenvalue weighted by molar-refractivity contribution is 6.01. The van der Waals surface area contributed by atoms with Gasteiger partial charge in [0, 0.05) is 0 Å². The Bertz CT molecular complexity index is 1690. The molecule has 0 aliphatic rings. The van der Waals surface area contributed by atoms with E-state index in [1.54, 1.807) is 36.4 Å². The molecule has 0 saturated carbocycles. The van der Waals surface area contributed by atoms with Gasteiger partial charge in [-0.1, -0.05) is 66.2 Å². The van der Waals surface area contributed by atoms with E-state index >= 15 is 0 Å². The quantitative estimate of drug-likeness (QED) is 0.204. The van der Waals surface area contributed by atoms with E-state index in [4.69, 9.17) is 0 Å². The van der Waals surface area contributed by atoms with Crippen molar-refractivity contribution in [1.82, 2.24) is 0 Å². The second-order valence-corrected chi connectivity index (χ2v) is 9.53. The van der Waals surface area contributed by atoms with Gasteiger partial charge < -0.3 is 0 Å². The van der Waals surface area contributed by atoms with Gasteiger partial charge in [0.25, 0.3) is 0 Å². The number of nitrogens with zero attached hydrogens (tertiary/aromatic N) is 3. The van der Waals surface area contributed by atoms with Gasteiger partial charge in [-0.05, 0) is 128 Å². The van der Waals surface area contributed by atoms with E-state index in [1.807, 2.05) is 36.4 Å². The molecule has 0 aliphatic carbocycles. The zero-order valence-electron chi connectivity index (χ0n) is 21.8. The highest BCUT2D eigenvalue weighted by atomic mass is 16.3. The summed E-state index contributed by atoms with van der Waals surface area (Å²) >= 11 is 0. The van der Waals surface area contributed by atoms with Crippen LogP contribution in [0.15, 0.2) is 113 Å². The Labute approximate surface area is 226 Å². The van der Waals surface area contributed by atoms with Crippen LogP contribution in [0.1, 0.15) is 16.7 Å². The van der Waals surface area contributed by atoms with Gasteiger partial charge in [-0.2, -0.15) is 0 Å². The molecule has 0 saturated heterocycles. The molecule has 5 rings (SSSR count). The molecule has 0 atom stereocenters. The minimum absolute atomic E-state index is 0.351. The Morgan fingerprint density at radius 2 is 0.590 bits per heavy atom. The molecule has 0 radical (unpaired) electrons. The number of benzene rings is 5. The minimum Gasteiger partial charge on any atom is -0.145 e. The van der Waals surface area contributed by atoms with Crippen LogP contribution in [0.5, 0.6) is 0 Å². The van der Waals surface area contributed by atoms with Crippen LogP contribution in [0.25, 0.3) is 44.5 Å². The lowest BCUT2D eigenvalue weighted by Crippen LogP contribution is -2.01. The molecule has 39 heavy (non-hydrogen) atoms. The number of hydrogen-bond acceptors (Lipinski definition) is 6. The van der Waals surface area contributed by atoms with Gasteiger partial charge in [0.15, 0.2) is 0 Å². The van der Waals surface area contributed by atoms with Gasteiger partial charge in [0.2, 0.25) is 0 Å². The van der Waals surface area contributed by atoms with Gasteiger partial charge in [-0.15, -0.1) is 14.7 Å². The molecule has 190 valence electrons. The maximum Gasteiger partial charge on any atom is 0.108 e. The summed E-state index contributed by atoms with van der Waals surface area (Å²) in [4.78, 5) is 33.4. The number of nitroso groups, excluding NO2 is 3. The summed E-state index contributed by atoms with van der Waals surface area (Å²) in [5.41, 5.74) is 12.3. The van der Waals surface area contributed by atoms with Crippen molar-refractivity contribution < 1.29 is 0 Å². The SMILES string of the molecule is Cc1ccc(-c2c(C)c(-c3ccc(N=O)cc3)c(-c3ccc(N=O)cc3)c(C)c2-c2ccc(N=O)cc2)cc1. The Hall–Kier alpha value is -5.10. The van der Waals surface area contributed by atoms with Crippen molar-refractivity contribution in [1.29, 1.82) is 0 Å². The maximum absolute atomic E-state index is 11.1. The molecule has 0 aliphatic heterocycles. The summed E-state index contributed by atoms with van der Waals surface area (Å²) in [5.74, 6) is 0. The van der Waals surface area contributed by atoms with Crippen LogP contribution in [0.3, 0.4) is 0 Å². The summed E-state index contributed by atoms with van der Waals surface area (Å²) < 4.78 is 0. The Kier molecular flexibility index (Phi) is 7.02. The lowest BCUT2D eigenvalue weighted by molar-refractivity contribution is 1.36. The normalized spacial score (nSPS) is 10.7. The molecule has 0 amide bonds. The first-order chi connectivity index (χ1) is 18.9. The fraction of sp³-hybridized carbons (Fsp3) is 0.0909. The van der Waals surface area contributed by atoms with E-state index in [0.29, 0.717) is 17.1 Å². The van der Waals surface area contributed by atoms with E-state index in [0.717, 1.165) is 61.2 Å². The fourth-order valence-electron chi connectivity index (χ4n) is 5.23. The maximum atomic E-state index is 11.1. The third-order valence-corrected chi connectivity index (χ3v) is 7.12. The average molecular weight is 512 g/mol. The van der Waals surface area contributed by atoms with Gasteiger partial charge in [0.1, 0.15) is 17.1 Å². The van der Waals surface area contributed by atoms with Crippen molar-refractivity contribution in [3.05, 3.63) is 128 Å². The lowest BCUT2D eigenvalue weighted by Gasteiger charge is -2.25. The molecule has 0 spiro atoms. The first-order valence-corrected chi connectivity index (χ1v) is 12.5. The molecule has 6 nitrogen and oxygen atoms in total. The summed E-state index contributed by atoms with van der Waals surface area (Å²) in [6.07, 6.45) is 0. The number of rotatable bonds is 7. The zero-order chi connectivity index (χ0) is 27.5. The Balaban J connectivity index is 1.92. The van der Waals surface area contributed by atoms with Crippen molar-refractivity contribution in [3.8, 4) is 44.5 Å². The van der Waals surface area contributed by atoms with E-state index in [-0.39, 0.29) is 0 Å². The van der Waals surface area contributed by atoms with Crippen molar-refractivity contribution >= 4 is 17.1 Å². The predicted octanol–water partition coefficient (Wildman–Crippen LogP) is 10.5. The minimum atomic E-state index is 0.351. The molecule has 0 bridgehead atoms. The lowest BCUT2D eigenvalue weighted by atomic mass is 9.78. The van der Waals surface area contributed by atoms with Gasteiger partial charge in [-0.25, -0.2) is 0 Å². The molecular weight excluding hydrogens is 486 g/mol. The van der Waals surface area contributed by atoms with Crippen LogP contribution < -0.4 is 0 Å².